The molecule has 2 aromatic rings. The first-order valence-electron chi connectivity index (χ1n) is 7.97. The molecule has 0 aliphatic heterocycles. The Morgan fingerprint density at radius 1 is 1.35 bits per heavy atom. The van der Waals surface area contributed by atoms with Crippen molar-refractivity contribution in [2.24, 2.45) is 5.10 Å². The Kier molecular flexibility index (Phi) is 5.76. The molecule has 2 rings (SSSR count). The van der Waals surface area contributed by atoms with Crippen LogP contribution in [0.25, 0.3) is 0 Å². The molecule has 0 unspecified atom stereocenters. The Hall–Kier alpha value is -3.16. The third-order valence-corrected chi connectivity index (χ3v) is 3.57. The quantitative estimate of drug-likeness (QED) is 0.484. The Balaban J connectivity index is 1.86. The fourth-order valence-corrected chi connectivity index (χ4v) is 2.13. The molecule has 0 fully saturated rings. The minimum atomic E-state index is -0.656. The molecule has 1 N–H and O–H groups in total. The maximum absolute atomic E-state index is 11.8. The van der Waals surface area contributed by atoms with Crippen LogP contribution in [0.3, 0.4) is 0 Å². The molecule has 0 atom stereocenters. The molecule has 1 aromatic heterocycles. The summed E-state index contributed by atoms with van der Waals surface area (Å²) in [7, 11) is 0. The van der Waals surface area contributed by atoms with Gasteiger partial charge in [0.15, 0.2) is 12.4 Å². The van der Waals surface area contributed by atoms with E-state index in [-0.39, 0.29) is 17.8 Å². The van der Waals surface area contributed by atoms with Crippen LogP contribution in [0.4, 0.5) is 5.88 Å². The molecule has 1 heterocycles. The molecule has 8 heteroatoms. The maximum atomic E-state index is 11.8. The molecule has 0 bridgehead atoms. The fourth-order valence-electron chi connectivity index (χ4n) is 2.13. The maximum Gasteiger partial charge on any atom is 0.433 e. The van der Waals surface area contributed by atoms with Crippen LogP contribution < -0.4 is 10.2 Å². The minimum Gasteiger partial charge on any atom is -0.483 e. The highest BCUT2D eigenvalue weighted by molar-refractivity contribution is 5.81. The zero-order chi connectivity index (χ0) is 19.3. The highest BCUT2D eigenvalue weighted by Crippen LogP contribution is 2.27. The summed E-state index contributed by atoms with van der Waals surface area (Å²) in [6.45, 7) is 8.10. The van der Waals surface area contributed by atoms with Gasteiger partial charge in [0, 0.05) is 0 Å². The van der Waals surface area contributed by atoms with Gasteiger partial charge in [-0.2, -0.15) is 5.10 Å². The molecule has 1 aromatic carbocycles. The van der Waals surface area contributed by atoms with Gasteiger partial charge in [-0.15, -0.1) is 0 Å². The van der Waals surface area contributed by atoms with Crippen molar-refractivity contribution in [1.82, 2.24) is 5.43 Å². The van der Waals surface area contributed by atoms with Crippen molar-refractivity contribution in [3.05, 3.63) is 57.3 Å². The first-order valence-corrected chi connectivity index (χ1v) is 7.97. The molecular formula is C18H21N3O5. The summed E-state index contributed by atoms with van der Waals surface area (Å²) >= 11 is 0. The predicted octanol–water partition coefficient (Wildman–Crippen LogP) is 3.32. The summed E-state index contributed by atoms with van der Waals surface area (Å²) in [5.41, 5.74) is 4.43. The van der Waals surface area contributed by atoms with Crippen molar-refractivity contribution < 1.29 is 18.9 Å². The van der Waals surface area contributed by atoms with Gasteiger partial charge in [-0.1, -0.05) is 32.9 Å². The number of nitrogens with zero attached hydrogens (tertiary/aromatic N) is 2. The van der Waals surface area contributed by atoms with E-state index in [4.69, 9.17) is 9.15 Å². The number of hydrazone groups is 1. The van der Waals surface area contributed by atoms with Crippen molar-refractivity contribution >= 4 is 18.0 Å². The number of carbonyl (C=O) groups excluding carboxylic acids is 1. The van der Waals surface area contributed by atoms with Gasteiger partial charge < -0.3 is 9.15 Å². The average Bonchev–Trinajstić information content (AvgIpc) is 3.02. The number of hydrogen-bond donors (Lipinski definition) is 1. The van der Waals surface area contributed by atoms with E-state index in [2.05, 4.69) is 31.3 Å². The van der Waals surface area contributed by atoms with E-state index in [0.29, 0.717) is 5.75 Å². The summed E-state index contributed by atoms with van der Waals surface area (Å²) < 4.78 is 10.4. The Morgan fingerprint density at radius 3 is 2.65 bits per heavy atom. The number of rotatable bonds is 6. The lowest BCUT2D eigenvalue weighted by atomic mass is 9.86. The van der Waals surface area contributed by atoms with Crippen LogP contribution in [0.15, 0.2) is 39.9 Å². The van der Waals surface area contributed by atoms with Gasteiger partial charge in [0.05, 0.1) is 12.3 Å². The van der Waals surface area contributed by atoms with Crippen LogP contribution in [0.2, 0.25) is 0 Å². The van der Waals surface area contributed by atoms with E-state index in [9.17, 15) is 14.9 Å². The van der Waals surface area contributed by atoms with E-state index in [1.165, 1.54) is 23.9 Å². The molecule has 0 saturated carbocycles. The Morgan fingerprint density at radius 2 is 2.08 bits per heavy atom. The number of furan rings is 1. The lowest BCUT2D eigenvalue weighted by Crippen LogP contribution is -2.24. The smallest absolute Gasteiger partial charge is 0.433 e. The van der Waals surface area contributed by atoms with Gasteiger partial charge in [-0.25, -0.2) is 5.43 Å². The van der Waals surface area contributed by atoms with E-state index in [1.54, 1.807) is 0 Å². The number of aryl methyl sites for hydroxylation is 1. The first-order chi connectivity index (χ1) is 12.2. The number of ether oxygens (including phenoxy) is 1. The van der Waals surface area contributed by atoms with Crippen molar-refractivity contribution in [3.63, 3.8) is 0 Å². The monoisotopic (exact) mass is 359 g/mol. The van der Waals surface area contributed by atoms with Crippen molar-refractivity contribution in [2.45, 2.75) is 33.1 Å². The zero-order valence-corrected chi connectivity index (χ0v) is 15.1. The third-order valence-electron chi connectivity index (χ3n) is 3.57. The van der Waals surface area contributed by atoms with E-state index in [0.717, 1.165) is 5.56 Å². The molecule has 0 aliphatic carbocycles. The van der Waals surface area contributed by atoms with Gasteiger partial charge in [-0.3, -0.25) is 14.9 Å². The van der Waals surface area contributed by atoms with Crippen LogP contribution in [0, 0.1) is 17.0 Å². The number of carbonyl (C=O) groups is 1. The van der Waals surface area contributed by atoms with E-state index in [1.807, 2.05) is 25.1 Å². The Bertz CT molecular complexity index is 834. The second-order valence-corrected chi connectivity index (χ2v) is 6.75. The molecular weight excluding hydrogens is 338 g/mol. The molecule has 0 saturated heterocycles. The van der Waals surface area contributed by atoms with Crippen LogP contribution in [0.1, 0.15) is 37.7 Å². The predicted molar refractivity (Wildman–Crippen MR) is 96.5 cm³/mol. The Labute approximate surface area is 151 Å². The largest absolute Gasteiger partial charge is 0.483 e. The second-order valence-electron chi connectivity index (χ2n) is 6.75. The van der Waals surface area contributed by atoms with Gasteiger partial charge in [-0.05, 0) is 35.6 Å². The zero-order valence-electron chi connectivity index (χ0n) is 15.1. The van der Waals surface area contributed by atoms with Crippen LogP contribution in [-0.2, 0) is 10.2 Å². The van der Waals surface area contributed by atoms with Crippen LogP contribution in [0.5, 0.6) is 5.75 Å². The fraction of sp³-hybridized carbons (Fsp3) is 0.333. The highest BCUT2D eigenvalue weighted by Gasteiger charge is 2.15. The van der Waals surface area contributed by atoms with Crippen molar-refractivity contribution in [1.29, 1.82) is 0 Å². The summed E-state index contributed by atoms with van der Waals surface area (Å²) in [5.74, 6) is -0.0674. The normalized spacial score (nSPS) is 11.5. The number of hydrogen-bond acceptors (Lipinski definition) is 6. The lowest BCUT2D eigenvalue weighted by Gasteiger charge is -2.20. The van der Waals surface area contributed by atoms with Gasteiger partial charge in [0.2, 0.25) is 0 Å². The molecule has 0 radical (unpaired) electrons. The molecule has 0 aliphatic rings. The van der Waals surface area contributed by atoms with Crippen molar-refractivity contribution in [3.8, 4) is 5.75 Å². The first kappa shape index (κ1) is 19.2. The van der Waals surface area contributed by atoms with Gasteiger partial charge in [0.1, 0.15) is 10.7 Å². The van der Waals surface area contributed by atoms with Crippen LogP contribution >= 0.6 is 0 Å². The summed E-state index contributed by atoms with van der Waals surface area (Å²) in [6, 6.07) is 8.44. The molecule has 138 valence electrons. The molecule has 26 heavy (non-hydrogen) atoms. The number of nitro groups is 1. The molecule has 1 amide bonds. The topological polar surface area (TPSA) is 107 Å². The SMILES string of the molecule is Cc1cc(C(C)(C)C)ccc1OCC(=O)N/N=C\c1ccc([N+](=O)[O-])o1. The van der Waals surface area contributed by atoms with Gasteiger partial charge in [0.25, 0.3) is 5.91 Å². The number of benzene rings is 1. The highest BCUT2D eigenvalue weighted by atomic mass is 16.6. The number of nitrogens with one attached hydrogen (secondary N) is 1. The average molecular weight is 359 g/mol. The van der Waals surface area contributed by atoms with E-state index >= 15 is 0 Å². The van der Waals surface area contributed by atoms with Crippen LogP contribution in [-0.4, -0.2) is 23.7 Å². The third kappa shape index (κ3) is 5.17. The minimum absolute atomic E-state index is 0.0380. The number of amides is 1. The van der Waals surface area contributed by atoms with E-state index < -0.39 is 16.7 Å². The van der Waals surface area contributed by atoms with Crippen molar-refractivity contribution in [2.75, 3.05) is 6.61 Å². The summed E-state index contributed by atoms with van der Waals surface area (Å²) in [5, 5.41) is 14.2. The standard InChI is InChI=1S/C18H21N3O5/c1-12-9-13(18(2,3)4)5-7-15(12)25-11-16(22)20-19-10-14-6-8-17(26-14)21(23)24/h5-10H,11H2,1-4H3,(H,20,22)/b19-10-. The summed E-state index contributed by atoms with van der Waals surface area (Å²) in [6.07, 6.45) is 1.17. The molecule has 8 nitrogen and oxygen atoms in total. The van der Waals surface area contributed by atoms with Gasteiger partial charge >= 0.3 is 5.88 Å². The molecule has 0 spiro atoms. The second kappa shape index (κ2) is 7.81. The lowest BCUT2D eigenvalue weighted by molar-refractivity contribution is -0.402. The summed E-state index contributed by atoms with van der Waals surface area (Å²) in [4.78, 5) is 21.6.